The van der Waals surface area contributed by atoms with E-state index in [9.17, 15) is 4.39 Å². The number of hydrogen-bond donors (Lipinski definition) is 1. The molecule has 0 radical (unpaired) electrons. The molecular weight excluding hydrogens is 229 g/mol. The molecule has 1 fully saturated rings. The minimum atomic E-state index is -0.105. The van der Waals surface area contributed by atoms with Crippen molar-refractivity contribution in [1.82, 2.24) is 15.1 Å². The summed E-state index contributed by atoms with van der Waals surface area (Å²) in [5.74, 6) is -0.105. The van der Waals surface area contributed by atoms with E-state index in [0.717, 1.165) is 44.8 Å². The lowest BCUT2D eigenvalue weighted by Gasteiger charge is -2.29. The first-order valence-electron chi connectivity index (χ1n) is 6.61. The van der Waals surface area contributed by atoms with Gasteiger partial charge in [0.25, 0.3) is 0 Å². The van der Waals surface area contributed by atoms with E-state index in [2.05, 4.69) is 22.2 Å². The highest BCUT2D eigenvalue weighted by atomic mass is 19.1. The van der Waals surface area contributed by atoms with Crippen molar-refractivity contribution < 1.29 is 4.39 Å². The van der Waals surface area contributed by atoms with E-state index >= 15 is 0 Å². The summed E-state index contributed by atoms with van der Waals surface area (Å²) in [6.07, 6.45) is 0. The van der Waals surface area contributed by atoms with E-state index < -0.39 is 0 Å². The fourth-order valence-corrected chi connectivity index (χ4v) is 2.24. The molecule has 4 heteroatoms. The summed E-state index contributed by atoms with van der Waals surface area (Å²) >= 11 is 0. The maximum Gasteiger partial charge on any atom is 0.127 e. The molecule has 0 saturated carbocycles. The van der Waals surface area contributed by atoms with Gasteiger partial charge in [0.2, 0.25) is 0 Å². The van der Waals surface area contributed by atoms with E-state index in [-0.39, 0.29) is 5.82 Å². The summed E-state index contributed by atoms with van der Waals surface area (Å²) in [5, 5.41) is 3.34. The quantitative estimate of drug-likeness (QED) is 0.847. The minimum absolute atomic E-state index is 0.105. The topological polar surface area (TPSA) is 18.5 Å². The first-order valence-corrected chi connectivity index (χ1v) is 6.61. The number of halogens is 1. The molecule has 0 atom stereocenters. The van der Waals surface area contributed by atoms with Crippen molar-refractivity contribution in [1.29, 1.82) is 0 Å². The summed E-state index contributed by atoms with van der Waals surface area (Å²) in [5.41, 5.74) is 0.778. The number of nitrogens with zero attached hydrogens (tertiary/aromatic N) is 2. The smallest absolute Gasteiger partial charge is 0.127 e. The van der Waals surface area contributed by atoms with E-state index in [1.165, 1.54) is 6.07 Å². The molecule has 0 amide bonds. The Labute approximate surface area is 109 Å². The number of piperazine rings is 1. The molecule has 0 bridgehead atoms. The molecule has 1 aliphatic rings. The lowest BCUT2D eigenvalue weighted by atomic mass is 10.2. The molecule has 1 saturated heterocycles. The third kappa shape index (κ3) is 4.05. The van der Waals surface area contributed by atoms with Crippen LogP contribution in [0.2, 0.25) is 0 Å². The van der Waals surface area contributed by atoms with Crippen LogP contribution < -0.4 is 5.32 Å². The molecule has 2 rings (SSSR count). The predicted molar refractivity (Wildman–Crippen MR) is 72.0 cm³/mol. The zero-order chi connectivity index (χ0) is 12.8. The van der Waals surface area contributed by atoms with Gasteiger partial charge in [0, 0.05) is 51.4 Å². The number of nitrogens with one attached hydrogen (secondary N) is 1. The van der Waals surface area contributed by atoms with E-state index in [1.807, 2.05) is 12.1 Å². The second-order valence-corrected chi connectivity index (χ2v) is 4.92. The van der Waals surface area contributed by atoms with Gasteiger partial charge in [-0.15, -0.1) is 0 Å². The molecule has 1 aromatic carbocycles. The second-order valence-electron chi connectivity index (χ2n) is 4.92. The highest BCUT2D eigenvalue weighted by Crippen LogP contribution is 2.08. The van der Waals surface area contributed by atoms with Crippen molar-refractivity contribution in [3.8, 4) is 0 Å². The van der Waals surface area contributed by atoms with E-state index in [0.29, 0.717) is 6.54 Å². The number of likely N-dealkylation sites (N-methyl/N-ethyl adjacent to an activating group) is 1. The molecule has 0 aliphatic carbocycles. The van der Waals surface area contributed by atoms with E-state index in [4.69, 9.17) is 0 Å². The third-order valence-corrected chi connectivity index (χ3v) is 3.41. The van der Waals surface area contributed by atoms with Crippen LogP contribution >= 0.6 is 0 Å². The molecular formula is C14H22FN3. The van der Waals surface area contributed by atoms with Crippen LogP contribution in [0.5, 0.6) is 0 Å². The van der Waals surface area contributed by atoms with Crippen molar-refractivity contribution in [3.05, 3.63) is 35.6 Å². The Kier molecular flexibility index (Phi) is 5.11. The van der Waals surface area contributed by atoms with Gasteiger partial charge in [0.15, 0.2) is 0 Å². The van der Waals surface area contributed by atoms with Gasteiger partial charge in [-0.25, -0.2) is 4.39 Å². The lowest BCUT2D eigenvalue weighted by Crippen LogP contribution is -2.45. The number of rotatable bonds is 5. The lowest BCUT2D eigenvalue weighted by molar-refractivity contribution is 0.201. The largest absolute Gasteiger partial charge is 0.314 e. The Bertz CT molecular complexity index is 364. The molecule has 1 aliphatic heterocycles. The van der Waals surface area contributed by atoms with Crippen molar-refractivity contribution in [3.63, 3.8) is 0 Å². The van der Waals surface area contributed by atoms with Gasteiger partial charge in [0.05, 0.1) is 0 Å². The first kappa shape index (κ1) is 13.5. The summed E-state index contributed by atoms with van der Waals surface area (Å²) < 4.78 is 13.5. The molecule has 1 aromatic rings. The fourth-order valence-electron chi connectivity index (χ4n) is 2.24. The average Bonchev–Trinajstić information content (AvgIpc) is 2.40. The van der Waals surface area contributed by atoms with Gasteiger partial charge in [-0.3, -0.25) is 4.90 Å². The molecule has 18 heavy (non-hydrogen) atoms. The summed E-state index contributed by atoms with van der Waals surface area (Å²) in [7, 11) is 2.05. The van der Waals surface area contributed by atoms with Gasteiger partial charge in [-0.1, -0.05) is 18.2 Å². The monoisotopic (exact) mass is 251 g/mol. The van der Waals surface area contributed by atoms with Crippen LogP contribution in [0.25, 0.3) is 0 Å². The summed E-state index contributed by atoms with van der Waals surface area (Å²) in [4.78, 5) is 4.63. The summed E-state index contributed by atoms with van der Waals surface area (Å²) in [6.45, 7) is 7.12. The molecule has 0 aromatic heterocycles. The van der Waals surface area contributed by atoms with E-state index in [1.54, 1.807) is 6.07 Å². The van der Waals surface area contributed by atoms with Crippen LogP contribution in [0, 0.1) is 5.82 Å². The van der Waals surface area contributed by atoms with Gasteiger partial charge in [-0.2, -0.15) is 0 Å². The molecule has 1 heterocycles. The highest BCUT2D eigenvalue weighted by Gasteiger charge is 2.10. The maximum absolute atomic E-state index is 13.5. The SMILES string of the molecule is CN(CCN1CCNCC1)Cc1ccccc1F. The Morgan fingerprint density at radius 1 is 1.28 bits per heavy atom. The van der Waals surface area contributed by atoms with Crippen molar-refractivity contribution in [2.24, 2.45) is 0 Å². The normalized spacial score (nSPS) is 17.3. The van der Waals surface area contributed by atoms with Gasteiger partial charge < -0.3 is 10.2 Å². The minimum Gasteiger partial charge on any atom is -0.314 e. The van der Waals surface area contributed by atoms with Gasteiger partial charge in [-0.05, 0) is 13.1 Å². The molecule has 0 spiro atoms. The average molecular weight is 251 g/mol. The van der Waals surface area contributed by atoms with Crippen molar-refractivity contribution in [2.45, 2.75) is 6.54 Å². The zero-order valence-electron chi connectivity index (χ0n) is 11.0. The number of hydrogen-bond acceptors (Lipinski definition) is 3. The fraction of sp³-hybridized carbons (Fsp3) is 0.571. The molecule has 100 valence electrons. The predicted octanol–water partition coefficient (Wildman–Crippen LogP) is 1.16. The highest BCUT2D eigenvalue weighted by molar-refractivity contribution is 5.16. The van der Waals surface area contributed by atoms with Crippen molar-refractivity contribution >= 4 is 0 Å². The maximum atomic E-state index is 13.5. The van der Waals surface area contributed by atoms with Crippen molar-refractivity contribution in [2.75, 3.05) is 46.3 Å². The molecule has 3 nitrogen and oxygen atoms in total. The molecule has 0 unspecified atom stereocenters. The Balaban J connectivity index is 1.74. The van der Waals surface area contributed by atoms with Crippen LogP contribution in [-0.4, -0.2) is 56.1 Å². The van der Waals surface area contributed by atoms with Crippen LogP contribution in [0.15, 0.2) is 24.3 Å². The Hall–Kier alpha value is -0.970. The second kappa shape index (κ2) is 6.83. The zero-order valence-corrected chi connectivity index (χ0v) is 11.0. The Morgan fingerprint density at radius 3 is 2.72 bits per heavy atom. The van der Waals surface area contributed by atoms with Crippen LogP contribution in [0.1, 0.15) is 5.56 Å². The van der Waals surface area contributed by atoms with Crippen LogP contribution in [-0.2, 0) is 6.54 Å². The third-order valence-electron chi connectivity index (χ3n) is 3.41. The number of benzene rings is 1. The van der Waals surface area contributed by atoms with Crippen LogP contribution in [0.4, 0.5) is 4.39 Å². The Morgan fingerprint density at radius 2 is 2.00 bits per heavy atom. The standard InChI is InChI=1S/C14H22FN3/c1-17(10-11-18-8-6-16-7-9-18)12-13-4-2-3-5-14(13)15/h2-5,16H,6-12H2,1H3. The van der Waals surface area contributed by atoms with Crippen LogP contribution in [0.3, 0.4) is 0 Å². The van der Waals surface area contributed by atoms with Gasteiger partial charge >= 0.3 is 0 Å². The first-order chi connectivity index (χ1) is 8.75. The summed E-state index contributed by atoms with van der Waals surface area (Å²) in [6, 6.07) is 7.01. The van der Waals surface area contributed by atoms with Gasteiger partial charge in [0.1, 0.15) is 5.82 Å². The molecule has 1 N–H and O–H groups in total.